The van der Waals surface area contributed by atoms with Gasteiger partial charge in [0.15, 0.2) is 0 Å². The number of aliphatic carboxylic acids is 1. The maximum Gasteiger partial charge on any atom is 0.322 e. The molecule has 6 heteroatoms. The summed E-state index contributed by atoms with van der Waals surface area (Å²) in [6, 6.07) is 3.39. The number of hydrogen-bond donors (Lipinski definition) is 2. The number of imidazole rings is 1. The molecule has 0 aliphatic rings. The summed E-state index contributed by atoms with van der Waals surface area (Å²) in [6.07, 6.45) is 2.50. The Morgan fingerprint density at radius 2 is 2.16 bits per heavy atom. The first-order valence-electron chi connectivity index (χ1n) is 6.00. The van der Waals surface area contributed by atoms with E-state index in [1.165, 1.54) is 0 Å². The smallest absolute Gasteiger partial charge is 0.322 e. The second-order valence-corrected chi connectivity index (χ2v) is 4.22. The van der Waals surface area contributed by atoms with Gasteiger partial charge >= 0.3 is 5.97 Å². The van der Waals surface area contributed by atoms with Crippen molar-refractivity contribution in [3.05, 3.63) is 35.3 Å². The van der Waals surface area contributed by atoms with Crippen molar-refractivity contribution in [3.8, 4) is 0 Å². The highest BCUT2D eigenvalue weighted by Crippen LogP contribution is 2.13. The van der Waals surface area contributed by atoms with Crippen LogP contribution in [0.3, 0.4) is 0 Å². The fourth-order valence-electron chi connectivity index (χ4n) is 1.94. The molecule has 19 heavy (non-hydrogen) atoms. The Balaban J connectivity index is 2.33. The van der Waals surface area contributed by atoms with E-state index in [1.54, 1.807) is 18.3 Å². The van der Waals surface area contributed by atoms with Gasteiger partial charge in [-0.05, 0) is 25.5 Å². The Labute approximate surface area is 110 Å². The van der Waals surface area contributed by atoms with E-state index in [4.69, 9.17) is 5.11 Å². The van der Waals surface area contributed by atoms with Crippen molar-refractivity contribution in [2.75, 3.05) is 6.54 Å². The number of fused-ring (bicyclic) bond motifs is 1. The highest BCUT2D eigenvalue weighted by atomic mass is 16.4. The number of carboxylic acids is 1. The molecule has 0 fully saturated rings. The number of pyridine rings is 1. The van der Waals surface area contributed by atoms with E-state index in [0.717, 1.165) is 23.5 Å². The summed E-state index contributed by atoms with van der Waals surface area (Å²) >= 11 is 0. The third-order valence-electron chi connectivity index (χ3n) is 2.95. The number of rotatable bonds is 4. The van der Waals surface area contributed by atoms with Gasteiger partial charge in [0.2, 0.25) is 0 Å². The van der Waals surface area contributed by atoms with Crippen LogP contribution in [0.15, 0.2) is 18.3 Å². The minimum atomic E-state index is -1.07. The third kappa shape index (κ3) is 2.57. The van der Waals surface area contributed by atoms with E-state index in [9.17, 15) is 9.59 Å². The molecular formula is C13H15N3O3. The van der Waals surface area contributed by atoms with Gasteiger partial charge in [0.25, 0.3) is 5.91 Å². The van der Waals surface area contributed by atoms with Gasteiger partial charge in [0.05, 0.1) is 11.3 Å². The van der Waals surface area contributed by atoms with E-state index in [1.807, 2.05) is 18.2 Å². The zero-order chi connectivity index (χ0) is 14.0. The van der Waals surface area contributed by atoms with Gasteiger partial charge in [-0.2, -0.15) is 0 Å². The number of carboxylic acid groups (broad SMARTS) is 1. The second-order valence-electron chi connectivity index (χ2n) is 4.22. The van der Waals surface area contributed by atoms with Crippen LogP contribution in [0, 0.1) is 6.92 Å². The Bertz CT molecular complexity index is 646. The first-order chi connectivity index (χ1) is 9.02. The average Bonchev–Trinajstić information content (AvgIpc) is 2.72. The molecule has 0 bridgehead atoms. The maximum absolute atomic E-state index is 11.8. The maximum atomic E-state index is 11.8. The number of aromatic nitrogens is 2. The van der Waals surface area contributed by atoms with Gasteiger partial charge in [-0.1, -0.05) is 6.92 Å². The third-order valence-corrected chi connectivity index (χ3v) is 2.95. The van der Waals surface area contributed by atoms with Crippen LogP contribution in [0.25, 0.3) is 5.65 Å². The molecule has 2 N–H and O–H groups in total. The van der Waals surface area contributed by atoms with Crippen molar-refractivity contribution >= 4 is 17.5 Å². The molecule has 100 valence electrons. The second kappa shape index (κ2) is 5.09. The fourth-order valence-corrected chi connectivity index (χ4v) is 1.94. The van der Waals surface area contributed by atoms with Crippen molar-refractivity contribution in [3.63, 3.8) is 0 Å². The SMILES string of the molecule is CCc1nc2ccc(C(=O)NCC(=O)O)cn2c1C. The average molecular weight is 261 g/mol. The number of nitrogens with zero attached hydrogens (tertiary/aromatic N) is 2. The number of carbonyl (C=O) groups is 2. The molecule has 6 nitrogen and oxygen atoms in total. The van der Waals surface area contributed by atoms with Crippen LogP contribution < -0.4 is 5.32 Å². The molecule has 2 rings (SSSR count). The van der Waals surface area contributed by atoms with Gasteiger partial charge in [-0.15, -0.1) is 0 Å². The molecule has 0 aliphatic carbocycles. The number of carbonyl (C=O) groups excluding carboxylic acids is 1. The van der Waals surface area contributed by atoms with Gasteiger partial charge in [0, 0.05) is 11.9 Å². The van der Waals surface area contributed by atoms with Crippen molar-refractivity contribution in [2.45, 2.75) is 20.3 Å². The lowest BCUT2D eigenvalue weighted by Crippen LogP contribution is -2.29. The number of hydrogen-bond acceptors (Lipinski definition) is 3. The molecule has 0 saturated carbocycles. The van der Waals surface area contributed by atoms with Crippen LogP contribution in [0.4, 0.5) is 0 Å². The quantitative estimate of drug-likeness (QED) is 0.860. The Kier molecular flexibility index (Phi) is 3.50. The van der Waals surface area contributed by atoms with Gasteiger partial charge in [-0.25, -0.2) is 4.98 Å². The Morgan fingerprint density at radius 3 is 2.79 bits per heavy atom. The van der Waals surface area contributed by atoms with Gasteiger partial charge in [-0.3, -0.25) is 9.59 Å². The molecule has 2 heterocycles. The summed E-state index contributed by atoms with van der Waals surface area (Å²) in [7, 11) is 0. The minimum absolute atomic E-state index is 0.389. The lowest BCUT2D eigenvalue weighted by atomic mass is 10.2. The Morgan fingerprint density at radius 1 is 1.42 bits per heavy atom. The summed E-state index contributed by atoms with van der Waals surface area (Å²) in [5.41, 5.74) is 3.18. The molecule has 0 unspecified atom stereocenters. The molecule has 1 amide bonds. The van der Waals surface area contributed by atoms with Crippen molar-refractivity contribution in [1.29, 1.82) is 0 Å². The lowest BCUT2D eigenvalue weighted by Gasteiger charge is -2.04. The zero-order valence-electron chi connectivity index (χ0n) is 10.8. The first kappa shape index (κ1) is 13.1. The van der Waals surface area contributed by atoms with Crippen LogP contribution in [0.2, 0.25) is 0 Å². The highest BCUT2D eigenvalue weighted by molar-refractivity contribution is 5.95. The van der Waals surface area contributed by atoms with E-state index < -0.39 is 11.9 Å². The zero-order valence-corrected chi connectivity index (χ0v) is 10.8. The van der Waals surface area contributed by atoms with Crippen LogP contribution in [-0.4, -0.2) is 32.9 Å². The Hall–Kier alpha value is -2.37. The summed E-state index contributed by atoms with van der Waals surface area (Å²) < 4.78 is 1.84. The standard InChI is InChI=1S/C13H15N3O3/c1-3-10-8(2)16-7-9(4-5-11(16)15-10)13(19)14-6-12(17)18/h4-5,7H,3,6H2,1-2H3,(H,14,19)(H,17,18). The molecule has 0 aliphatic heterocycles. The summed E-state index contributed by atoms with van der Waals surface area (Å²) in [5.74, 6) is -1.48. The lowest BCUT2D eigenvalue weighted by molar-refractivity contribution is -0.135. The van der Waals surface area contributed by atoms with Crippen molar-refractivity contribution < 1.29 is 14.7 Å². The predicted octanol–water partition coefficient (Wildman–Crippen LogP) is 1.02. The topological polar surface area (TPSA) is 83.7 Å². The van der Waals surface area contributed by atoms with Crippen LogP contribution >= 0.6 is 0 Å². The van der Waals surface area contributed by atoms with E-state index >= 15 is 0 Å². The van der Waals surface area contributed by atoms with Crippen molar-refractivity contribution in [2.24, 2.45) is 0 Å². The molecule has 0 radical (unpaired) electrons. The normalized spacial score (nSPS) is 10.6. The monoisotopic (exact) mass is 261 g/mol. The van der Waals surface area contributed by atoms with Crippen LogP contribution in [0.5, 0.6) is 0 Å². The van der Waals surface area contributed by atoms with Crippen molar-refractivity contribution in [1.82, 2.24) is 14.7 Å². The summed E-state index contributed by atoms with van der Waals surface area (Å²) in [5, 5.41) is 10.9. The highest BCUT2D eigenvalue weighted by Gasteiger charge is 2.11. The first-order valence-corrected chi connectivity index (χ1v) is 6.00. The van der Waals surface area contributed by atoms with Gasteiger partial charge < -0.3 is 14.8 Å². The van der Waals surface area contributed by atoms with Crippen LogP contribution in [0.1, 0.15) is 28.7 Å². The molecule has 0 aromatic carbocycles. The number of nitrogens with one attached hydrogen (secondary N) is 1. The van der Waals surface area contributed by atoms with Gasteiger partial charge in [0.1, 0.15) is 12.2 Å². The fraction of sp³-hybridized carbons (Fsp3) is 0.308. The molecular weight excluding hydrogens is 246 g/mol. The molecule has 2 aromatic rings. The minimum Gasteiger partial charge on any atom is -0.480 e. The molecule has 0 spiro atoms. The predicted molar refractivity (Wildman–Crippen MR) is 69.3 cm³/mol. The van der Waals surface area contributed by atoms with E-state index in [0.29, 0.717) is 5.56 Å². The molecule has 0 atom stereocenters. The summed E-state index contributed by atoms with van der Waals surface area (Å²) in [6.45, 7) is 3.58. The summed E-state index contributed by atoms with van der Waals surface area (Å²) in [4.78, 5) is 26.6. The molecule has 2 aromatic heterocycles. The van der Waals surface area contributed by atoms with E-state index in [-0.39, 0.29) is 6.54 Å². The molecule has 0 saturated heterocycles. The van der Waals surface area contributed by atoms with E-state index in [2.05, 4.69) is 10.3 Å². The number of amides is 1. The number of aryl methyl sites for hydroxylation is 2. The largest absolute Gasteiger partial charge is 0.480 e. The van der Waals surface area contributed by atoms with Crippen LogP contribution in [-0.2, 0) is 11.2 Å².